The highest BCUT2D eigenvalue weighted by Gasteiger charge is 2.32. The number of aliphatic hydroxyl groups excluding tert-OH is 2. The predicted octanol–water partition coefficient (Wildman–Crippen LogP) is -0.670. The maximum atomic E-state index is 11.9. The van der Waals surface area contributed by atoms with E-state index in [9.17, 15) is 15.0 Å². The maximum Gasteiger partial charge on any atom is 0.222 e. The second-order valence-corrected chi connectivity index (χ2v) is 5.17. The number of aliphatic hydroxyl groups is 2. The third-order valence-electron chi connectivity index (χ3n) is 3.84. The number of hydrogen-bond donors (Lipinski definition) is 3. The van der Waals surface area contributed by atoms with Crippen LogP contribution in [0.4, 0.5) is 0 Å². The molecule has 2 aliphatic rings. The summed E-state index contributed by atoms with van der Waals surface area (Å²) >= 11 is 0. The zero-order valence-corrected chi connectivity index (χ0v) is 10.1. The average Bonchev–Trinajstić information content (AvgIpc) is 2.68. The molecular formula is C12H22N2O3. The third kappa shape index (κ3) is 3.40. The van der Waals surface area contributed by atoms with E-state index in [4.69, 9.17) is 0 Å². The molecule has 2 atom stereocenters. The number of piperidine rings is 1. The van der Waals surface area contributed by atoms with Gasteiger partial charge < -0.3 is 20.4 Å². The second-order valence-electron chi connectivity index (χ2n) is 5.17. The van der Waals surface area contributed by atoms with Gasteiger partial charge >= 0.3 is 0 Å². The van der Waals surface area contributed by atoms with Crippen molar-refractivity contribution >= 4 is 5.91 Å². The smallest absolute Gasteiger partial charge is 0.222 e. The van der Waals surface area contributed by atoms with E-state index in [0.29, 0.717) is 12.3 Å². The number of β-amino-alcohol motifs (C(OH)–C–C–N with tert-alkyl or cyclic N) is 2. The summed E-state index contributed by atoms with van der Waals surface area (Å²) in [7, 11) is 0. The zero-order valence-electron chi connectivity index (χ0n) is 10.1. The Balaban J connectivity index is 1.70. The van der Waals surface area contributed by atoms with E-state index in [1.54, 1.807) is 4.90 Å². The Morgan fingerprint density at radius 1 is 1.18 bits per heavy atom. The first-order valence-corrected chi connectivity index (χ1v) is 6.51. The molecule has 2 rings (SSSR count). The molecule has 3 N–H and O–H groups in total. The van der Waals surface area contributed by atoms with Gasteiger partial charge in [-0.2, -0.15) is 0 Å². The topological polar surface area (TPSA) is 72.8 Å². The van der Waals surface area contributed by atoms with Crippen molar-refractivity contribution in [3.8, 4) is 0 Å². The summed E-state index contributed by atoms with van der Waals surface area (Å²) in [5, 5.41) is 22.1. The molecule has 2 unspecified atom stereocenters. The standard InChI is InChI=1S/C12H22N2O3/c15-10-7-14(8-11(10)16)12(17)2-1-9-3-5-13-6-4-9/h9-11,13,15-16H,1-8H2. The minimum atomic E-state index is -0.766. The van der Waals surface area contributed by atoms with E-state index in [1.165, 1.54) is 0 Å². The van der Waals surface area contributed by atoms with E-state index < -0.39 is 12.2 Å². The first kappa shape index (κ1) is 12.8. The lowest BCUT2D eigenvalue weighted by atomic mass is 9.93. The van der Waals surface area contributed by atoms with Crippen LogP contribution in [0.1, 0.15) is 25.7 Å². The number of likely N-dealkylation sites (tertiary alicyclic amines) is 1. The summed E-state index contributed by atoms with van der Waals surface area (Å²) in [5.74, 6) is 0.719. The monoisotopic (exact) mass is 242 g/mol. The number of amides is 1. The van der Waals surface area contributed by atoms with Gasteiger partial charge in [-0.3, -0.25) is 4.79 Å². The van der Waals surface area contributed by atoms with Gasteiger partial charge in [0, 0.05) is 19.5 Å². The van der Waals surface area contributed by atoms with E-state index in [0.717, 1.165) is 32.4 Å². The van der Waals surface area contributed by atoms with E-state index in [2.05, 4.69) is 5.32 Å². The Labute approximate surface area is 102 Å². The molecule has 0 saturated carbocycles. The normalized spacial score (nSPS) is 30.8. The highest BCUT2D eigenvalue weighted by atomic mass is 16.3. The Morgan fingerprint density at radius 3 is 2.35 bits per heavy atom. The number of nitrogens with zero attached hydrogens (tertiary/aromatic N) is 1. The second kappa shape index (κ2) is 5.80. The number of hydrogen-bond acceptors (Lipinski definition) is 4. The van der Waals surface area contributed by atoms with Crippen molar-refractivity contribution in [2.24, 2.45) is 5.92 Å². The summed E-state index contributed by atoms with van der Waals surface area (Å²) in [5.41, 5.74) is 0. The molecule has 0 aliphatic carbocycles. The van der Waals surface area contributed by atoms with Gasteiger partial charge in [0.05, 0.1) is 12.2 Å². The maximum absolute atomic E-state index is 11.9. The molecule has 5 nitrogen and oxygen atoms in total. The first-order chi connectivity index (χ1) is 8.16. The zero-order chi connectivity index (χ0) is 12.3. The van der Waals surface area contributed by atoms with Crippen molar-refractivity contribution < 1.29 is 15.0 Å². The Bertz CT molecular complexity index is 256. The van der Waals surface area contributed by atoms with Crippen LogP contribution in [-0.4, -0.2) is 59.4 Å². The Morgan fingerprint density at radius 2 is 1.76 bits per heavy atom. The summed E-state index contributed by atoms with van der Waals surface area (Å²) in [6.07, 6.45) is 2.25. The van der Waals surface area contributed by atoms with E-state index in [-0.39, 0.29) is 19.0 Å². The van der Waals surface area contributed by atoms with Crippen molar-refractivity contribution in [3.05, 3.63) is 0 Å². The fourth-order valence-electron chi connectivity index (χ4n) is 2.63. The number of rotatable bonds is 3. The summed E-state index contributed by atoms with van der Waals surface area (Å²) in [4.78, 5) is 13.4. The number of carbonyl (C=O) groups is 1. The van der Waals surface area contributed by atoms with Crippen molar-refractivity contribution in [3.63, 3.8) is 0 Å². The molecule has 0 aromatic rings. The molecule has 0 spiro atoms. The molecule has 98 valence electrons. The van der Waals surface area contributed by atoms with Crippen LogP contribution in [0.2, 0.25) is 0 Å². The van der Waals surface area contributed by atoms with Gasteiger partial charge in [-0.05, 0) is 38.3 Å². The van der Waals surface area contributed by atoms with Gasteiger partial charge in [-0.25, -0.2) is 0 Å². The lowest BCUT2D eigenvalue weighted by Gasteiger charge is -2.23. The summed E-state index contributed by atoms with van der Waals surface area (Å²) in [6.45, 7) is 2.68. The number of nitrogens with one attached hydrogen (secondary N) is 1. The lowest BCUT2D eigenvalue weighted by molar-refractivity contribution is -0.131. The van der Waals surface area contributed by atoms with Crippen LogP contribution in [0.3, 0.4) is 0 Å². The van der Waals surface area contributed by atoms with Crippen LogP contribution < -0.4 is 5.32 Å². The van der Waals surface area contributed by atoms with Gasteiger partial charge in [0.1, 0.15) is 0 Å². The van der Waals surface area contributed by atoms with Crippen LogP contribution in [0.15, 0.2) is 0 Å². The fourth-order valence-corrected chi connectivity index (χ4v) is 2.63. The Hall–Kier alpha value is -0.650. The summed E-state index contributed by atoms with van der Waals surface area (Å²) < 4.78 is 0. The molecule has 2 fully saturated rings. The molecule has 0 radical (unpaired) electrons. The molecule has 1 amide bonds. The van der Waals surface area contributed by atoms with Crippen LogP contribution >= 0.6 is 0 Å². The van der Waals surface area contributed by atoms with Gasteiger partial charge in [0.15, 0.2) is 0 Å². The molecule has 17 heavy (non-hydrogen) atoms. The van der Waals surface area contributed by atoms with Crippen molar-refractivity contribution in [1.82, 2.24) is 10.2 Å². The molecule has 2 aliphatic heterocycles. The molecular weight excluding hydrogens is 220 g/mol. The minimum Gasteiger partial charge on any atom is -0.388 e. The van der Waals surface area contributed by atoms with Crippen LogP contribution in [0, 0.1) is 5.92 Å². The van der Waals surface area contributed by atoms with Crippen molar-refractivity contribution in [2.75, 3.05) is 26.2 Å². The predicted molar refractivity (Wildman–Crippen MR) is 63.4 cm³/mol. The SMILES string of the molecule is O=C(CCC1CCNCC1)N1CC(O)C(O)C1. The van der Waals surface area contributed by atoms with Crippen molar-refractivity contribution in [2.45, 2.75) is 37.9 Å². The minimum absolute atomic E-state index is 0.0686. The molecule has 5 heteroatoms. The molecule has 2 heterocycles. The fraction of sp³-hybridized carbons (Fsp3) is 0.917. The van der Waals surface area contributed by atoms with Gasteiger partial charge in [0.2, 0.25) is 5.91 Å². The lowest BCUT2D eigenvalue weighted by Crippen LogP contribution is -2.31. The molecule has 0 aromatic heterocycles. The van der Waals surface area contributed by atoms with Gasteiger partial charge in [-0.1, -0.05) is 0 Å². The van der Waals surface area contributed by atoms with E-state index in [1.807, 2.05) is 0 Å². The number of carbonyl (C=O) groups excluding carboxylic acids is 1. The first-order valence-electron chi connectivity index (χ1n) is 6.51. The van der Waals surface area contributed by atoms with E-state index >= 15 is 0 Å². The van der Waals surface area contributed by atoms with Gasteiger partial charge in [0.25, 0.3) is 0 Å². The molecule has 2 saturated heterocycles. The Kier molecular flexibility index (Phi) is 4.36. The summed E-state index contributed by atoms with van der Waals surface area (Å²) in [6, 6.07) is 0. The van der Waals surface area contributed by atoms with Crippen LogP contribution in [-0.2, 0) is 4.79 Å². The van der Waals surface area contributed by atoms with Crippen molar-refractivity contribution in [1.29, 1.82) is 0 Å². The molecule has 0 aromatic carbocycles. The molecule has 0 bridgehead atoms. The quantitative estimate of drug-likeness (QED) is 0.614. The third-order valence-corrected chi connectivity index (χ3v) is 3.84. The average molecular weight is 242 g/mol. The highest BCUT2D eigenvalue weighted by Crippen LogP contribution is 2.19. The van der Waals surface area contributed by atoms with Crippen LogP contribution in [0.5, 0.6) is 0 Å². The highest BCUT2D eigenvalue weighted by molar-refractivity contribution is 5.76. The van der Waals surface area contributed by atoms with Gasteiger partial charge in [-0.15, -0.1) is 0 Å². The van der Waals surface area contributed by atoms with Crippen LogP contribution in [0.25, 0.3) is 0 Å². The largest absolute Gasteiger partial charge is 0.388 e.